The van der Waals surface area contributed by atoms with E-state index >= 15 is 0 Å². The Hall–Kier alpha value is -3.87. The van der Waals surface area contributed by atoms with Gasteiger partial charge in [0.1, 0.15) is 5.82 Å². The fourth-order valence-electron chi connectivity index (χ4n) is 2.85. The number of nitrogens with zero attached hydrogens (tertiary/aromatic N) is 5. The first-order valence-corrected chi connectivity index (χ1v) is 8.09. The van der Waals surface area contributed by atoms with Crippen molar-refractivity contribution in [3.63, 3.8) is 0 Å². The van der Waals surface area contributed by atoms with Gasteiger partial charge in [-0.3, -0.25) is 15.1 Å². The number of aromatic nitrogens is 6. The lowest BCUT2D eigenvalue weighted by Gasteiger charge is -2.11. The van der Waals surface area contributed by atoms with E-state index in [4.69, 9.17) is 4.98 Å². The van der Waals surface area contributed by atoms with E-state index in [1.807, 2.05) is 36.4 Å². The molecule has 0 atom stereocenters. The van der Waals surface area contributed by atoms with Crippen molar-refractivity contribution in [1.29, 1.82) is 0 Å². The van der Waals surface area contributed by atoms with E-state index in [1.54, 1.807) is 31.0 Å². The van der Waals surface area contributed by atoms with Gasteiger partial charge in [0.2, 0.25) is 0 Å². The summed E-state index contributed by atoms with van der Waals surface area (Å²) in [5, 5.41) is 12.3. The monoisotopic (exact) mass is 339 g/mol. The van der Waals surface area contributed by atoms with E-state index in [1.165, 1.54) is 0 Å². The largest absolute Gasteiger partial charge is 0.339 e. The summed E-state index contributed by atoms with van der Waals surface area (Å²) in [5.74, 6) is 1.34. The molecule has 0 bridgehead atoms. The number of hydrogen-bond acceptors (Lipinski definition) is 6. The summed E-state index contributed by atoms with van der Waals surface area (Å²) < 4.78 is 0. The van der Waals surface area contributed by atoms with Crippen LogP contribution in [0.5, 0.6) is 0 Å². The van der Waals surface area contributed by atoms with E-state index in [-0.39, 0.29) is 0 Å². The number of hydrogen-bond donors (Lipinski definition) is 2. The first-order valence-electron chi connectivity index (χ1n) is 8.09. The third-order valence-corrected chi connectivity index (χ3v) is 4.14. The minimum absolute atomic E-state index is 0.635. The van der Waals surface area contributed by atoms with Crippen LogP contribution in [0.15, 0.2) is 67.4 Å². The standard InChI is InChI=1S/C19H13N7/c1-2-14(9-17-13(1)10-22-26-17)23-19-15-11-21-8-5-16(15)24-18(25-19)12-3-6-20-7-4-12/h1-11H,(H,22,26)(H,23,24,25). The summed E-state index contributed by atoms with van der Waals surface area (Å²) in [5.41, 5.74) is 3.60. The van der Waals surface area contributed by atoms with E-state index in [0.29, 0.717) is 11.6 Å². The predicted molar refractivity (Wildman–Crippen MR) is 99.9 cm³/mol. The van der Waals surface area contributed by atoms with Crippen LogP contribution in [0.1, 0.15) is 0 Å². The van der Waals surface area contributed by atoms with Gasteiger partial charge in [-0.05, 0) is 36.4 Å². The number of pyridine rings is 2. The van der Waals surface area contributed by atoms with Gasteiger partial charge in [0.15, 0.2) is 5.82 Å². The molecule has 0 saturated heterocycles. The molecule has 0 fully saturated rings. The van der Waals surface area contributed by atoms with Crippen molar-refractivity contribution in [2.24, 2.45) is 0 Å². The van der Waals surface area contributed by atoms with Crippen LogP contribution in [0.2, 0.25) is 0 Å². The minimum Gasteiger partial charge on any atom is -0.339 e. The van der Waals surface area contributed by atoms with Gasteiger partial charge in [-0.25, -0.2) is 9.97 Å². The Labute approximate surface area is 148 Å². The summed E-state index contributed by atoms with van der Waals surface area (Å²) in [6, 6.07) is 11.7. The van der Waals surface area contributed by atoms with E-state index in [9.17, 15) is 0 Å². The number of H-pyrrole nitrogens is 1. The number of fused-ring (bicyclic) bond motifs is 2. The molecule has 0 unspecified atom stereocenters. The van der Waals surface area contributed by atoms with Crippen molar-refractivity contribution in [3.8, 4) is 11.4 Å². The molecule has 0 amide bonds. The summed E-state index contributed by atoms with van der Waals surface area (Å²) in [6.45, 7) is 0. The first kappa shape index (κ1) is 14.5. The topological polar surface area (TPSA) is 92.3 Å². The van der Waals surface area contributed by atoms with Crippen molar-refractivity contribution >= 4 is 33.3 Å². The Morgan fingerprint density at radius 3 is 2.65 bits per heavy atom. The fourth-order valence-corrected chi connectivity index (χ4v) is 2.85. The molecule has 26 heavy (non-hydrogen) atoms. The van der Waals surface area contributed by atoms with Crippen LogP contribution in [-0.4, -0.2) is 30.1 Å². The van der Waals surface area contributed by atoms with Crippen LogP contribution < -0.4 is 5.32 Å². The van der Waals surface area contributed by atoms with Crippen LogP contribution in [0, 0.1) is 0 Å². The van der Waals surface area contributed by atoms with Crippen LogP contribution in [0.25, 0.3) is 33.2 Å². The Morgan fingerprint density at radius 1 is 0.846 bits per heavy atom. The van der Waals surface area contributed by atoms with Gasteiger partial charge in [0.05, 0.1) is 22.6 Å². The molecule has 5 rings (SSSR count). The average molecular weight is 339 g/mol. The van der Waals surface area contributed by atoms with Gasteiger partial charge in [0.25, 0.3) is 0 Å². The van der Waals surface area contributed by atoms with Crippen molar-refractivity contribution in [1.82, 2.24) is 30.1 Å². The van der Waals surface area contributed by atoms with Gasteiger partial charge in [-0.2, -0.15) is 5.10 Å². The maximum Gasteiger partial charge on any atom is 0.162 e. The van der Waals surface area contributed by atoms with Gasteiger partial charge in [-0.15, -0.1) is 0 Å². The molecular formula is C19H13N7. The number of nitrogens with one attached hydrogen (secondary N) is 2. The summed E-state index contributed by atoms with van der Waals surface area (Å²) >= 11 is 0. The molecule has 0 spiro atoms. The molecule has 0 radical (unpaired) electrons. The zero-order chi connectivity index (χ0) is 17.3. The lowest BCUT2D eigenvalue weighted by molar-refractivity contribution is 1.12. The summed E-state index contributed by atoms with van der Waals surface area (Å²) in [4.78, 5) is 17.6. The molecular weight excluding hydrogens is 326 g/mol. The SMILES string of the molecule is c1cc(-c2nc(Nc3ccc4cn[nH]c4c3)c3cnccc3n2)ccn1. The van der Waals surface area contributed by atoms with Crippen LogP contribution in [0.4, 0.5) is 11.5 Å². The minimum atomic E-state index is 0.635. The van der Waals surface area contributed by atoms with Gasteiger partial charge in [0, 0.05) is 41.4 Å². The van der Waals surface area contributed by atoms with Crippen molar-refractivity contribution in [3.05, 3.63) is 67.4 Å². The molecule has 2 N–H and O–H groups in total. The quantitative estimate of drug-likeness (QED) is 0.520. The zero-order valence-corrected chi connectivity index (χ0v) is 13.6. The molecule has 7 nitrogen and oxygen atoms in total. The Balaban J connectivity index is 1.65. The third-order valence-electron chi connectivity index (χ3n) is 4.14. The number of aromatic amines is 1. The van der Waals surface area contributed by atoms with Crippen LogP contribution in [0.3, 0.4) is 0 Å². The van der Waals surface area contributed by atoms with Crippen LogP contribution in [-0.2, 0) is 0 Å². The van der Waals surface area contributed by atoms with Crippen molar-refractivity contribution in [2.45, 2.75) is 0 Å². The maximum atomic E-state index is 4.72. The summed E-state index contributed by atoms with van der Waals surface area (Å²) in [7, 11) is 0. The Kier molecular flexibility index (Phi) is 3.28. The van der Waals surface area contributed by atoms with Crippen molar-refractivity contribution in [2.75, 3.05) is 5.32 Å². The molecule has 124 valence electrons. The van der Waals surface area contributed by atoms with Gasteiger partial charge >= 0.3 is 0 Å². The Bertz CT molecular complexity index is 1210. The number of rotatable bonds is 3. The molecule has 0 aliphatic heterocycles. The van der Waals surface area contributed by atoms with E-state index in [2.05, 4.69) is 30.5 Å². The van der Waals surface area contributed by atoms with Gasteiger partial charge in [-0.1, -0.05) is 0 Å². The molecule has 0 saturated carbocycles. The third kappa shape index (κ3) is 2.51. The maximum absolute atomic E-state index is 4.72. The first-order chi connectivity index (χ1) is 12.9. The van der Waals surface area contributed by atoms with Gasteiger partial charge < -0.3 is 5.32 Å². The van der Waals surface area contributed by atoms with E-state index in [0.717, 1.165) is 33.1 Å². The molecule has 4 heterocycles. The zero-order valence-electron chi connectivity index (χ0n) is 13.6. The molecule has 4 aromatic heterocycles. The second kappa shape index (κ2) is 5.89. The predicted octanol–water partition coefficient (Wildman–Crippen LogP) is 3.71. The highest BCUT2D eigenvalue weighted by Crippen LogP contribution is 2.27. The highest BCUT2D eigenvalue weighted by molar-refractivity contribution is 5.92. The summed E-state index contributed by atoms with van der Waals surface area (Å²) in [6.07, 6.45) is 8.75. The second-order valence-corrected chi connectivity index (χ2v) is 5.82. The number of anilines is 2. The van der Waals surface area contributed by atoms with E-state index < -0.39 is 0 Å². The van der Waals surface area contributed by atoms with Crippen LogP contribution >= 0.6 is 0 Å². The molecule has 1 aromatic carbocycles. The lowest BCUT2D eigenvalue weighted by Crippen LogP contribution is -1.99. The molecule has 7 heteroatoms. The second-order valence-electron chi connectivity index (χ2n) is 5.82. The highest BCUT2D eigenvalue weighted by Gasteiger charge is 2.10. The number of benzene rings is 1. The fraction of sp³-hybridized carbons (Fsp3) is 0. The normalized spacial score (nSPS) is 11.1. The molecule has 0 aliphatic rings. The smallest absolute Gasteiger partial charge is 0.162 e. The molecule has 0 aliphatic carbocycles. The molecule has 5 aromatic rings. The van der Waals surface area contributed by atoms with Crippen molar-refractivity contribution < 1.29 is 0 Å². The lowest BCUT2D eigenvalue weighted by atomic mass is 10.2. The Morgan fingerprint density at radius 2 is 1.73 bits per heavy atom. The highest BCUT2D eigenvalue weighted by atomic mass is 15.1. The average Bonchev–Trinajstić information content (AvgIpc) is 3.16.